The first kappa shape index (κ1) is 23.9. The summed E-state index contributed by atoms with van der Waals surface area (Å²) in [5.41, 5.74) is 3.95. The van der Waals surface area contributed by atoms with E-state index in [4.69, 9.17) is 10.2 Å². The normalized spacial score (nSPS) is 14.1. The van der Waals surface area contributed by atoms with Crippen LogP contribution in [0, 0.1) is 0 Å². The van der Waals surface area contributed by atoms with Crippen molar-refractivity contribution in [2.24, 2.45) is 5.73 Å². The molecule has 4 aromatic heterocycles. The van der Waals surface area contributed by atoms with Crippen molar-refractivity contribution in [3.05, 3.63) is 52.5 Å². The number of thiophene rings is 1. The SMILES string of the molecule is NC(=O)c1sc2nc(C(F)(F)F)cc(-c3ccco3)c2c1NC(=O)Cn1nc(C2CC2)cc1C(F)F. The van der Waals surface area contributed by atoms with Crippen LogP contribution >= 0.6 is 11.3 Å². The highest BCUT2D eigenvalue weighted by Gasteiger charge is 2.35. The van der Waals surface area contributed by atoms with Crippen molar-refractivity contribution >= 4 is 39.1 Å². The monoisotopic (exact) mass is 525 g/mol. The van der Waals surface area contributed by atoms with Gasteiger partial charge in [-0.05, 0) is 37.1 Å². The number of alkyl halides is 5. The smallest absolute Gasteiger partial charge is 0.433 e. The lowest BCUT2D eigenvalue weighted by Gasteiger charge is -2.11. The third kappa shape index (κ3) is 4.43. The summed E-state index contributed by atoms with van der Waals surface area (Å²) in [5.74, 6) is -1.76. The molecule has 1 saturated carbocycles. The highest BCUT2D eigenvalue weighted by molar-refractivity contribution is 7.21. The van der Waals surface area contributed by atoms with Crippen LogP contribution in [0.4, 0.5) is 27.6 Å². The number of primary amides is 1. The standard InChI is InChI=1S/C22H16F5N5O3S/c23-19(24)12-7-11(9-3-4-9)31-32(12)8-15(33)30-17-16-10(13-2-1-5-35-13)6-14(22(25,26)27)29-21(16)36-18(17)20(28)34/h1-2,5-7,9,19H,3-4,8H2,(H2,28,34)(H,30,33). The fourth-order valence-electron chi connectivity index (χ4n) is 3.81. The highest BCUT2D eigenvalue weighted by Crippen LogP contribution is 2.44. The number of rotatable bonds is 7. The zero-order chi connectivity index (χ0) is 25.8. The van der Waals surface area contributed by atoms with Crippen LogP contribution in [0.2, 0.25) is 0 Å². The maximum absolute atomic E-state index is 13.5. The van der Waals surface area contributed by atoms with Gasteiger partial charge < -0.3 is 15.5 Å². The van der Waals surface area contributed by atoms with Gasteiger partial charge >= 0.3 is 6.18 Å². The summed E-state index contributed by atoms with van der Waals surface area (Å²) < 4.78 is 73.7. The lowest BCUT2D eigenvalue weighted by Crippen LogP contribution is -2.22. The molecule has 188 valence electrons. The van der Waals surface area contributed by atoms with Gasteiger partial charge in [0.1, 0.15) is 33.4 Å². The Morgan fingerprint density at radius 3 is 2.61 bits per heavy atom. The van der Waals surface area contributed by atoms with Crippen molar-refractivity contribution < 1.29 is 36.0 Å². The molecule has 4 heterocycles. The van der Waals surface area contributed by atoms with E-state index in [1.165, 1.54) is 24.5 Å². The van der Waals surface area contributed by atoms with Crippen LogP contribution < -0.4 is 11.1 Å². The van der Waals surface area contributed by atoms with Crippen LogP contribution in [-0.2, 0) is 17.5 Å². The minimum absolute atomic E-state index is 0.00156. The van der Waals surface area contributed by atoms with E-state index in [1.807, 2.05) is 0 Å². The van der Waals surface area contributed by atoms with Gasteiger partial charge in [-0.1, -0.05) is 0 Å². The van der Waals surface area contributed by atoms with Crippen molar-refractivity contribution in [1.82, 2.24) is 14.8 Å². The largest absolute Gasteiger partial charge is 0.464 e. The van der Waals surface area contributed by atoms with Crippen molar-refractivity contribution in [3.8, 4) is 11.3 Å². The molecule has 4 aromatic rings. The molecule has 0 unspecified atom stereocenters. The predicted octanol–water partition coefficient (Wildman–Crippen LogP) is 5.32. The number of nitrogens with one attached hydrogen (secondary N) is 1. The lowest BCUT2D eigenvalue weighted by molar-refractivity contribution is -0.140. The van der Waals surface area contributed by atoms with E-state index in [1.54, 1.807) is 0 Å². The van der Waals surface area contributed by atoms with E-state index in [9.17, 15) is 31.5 Å². The number of hydrogen-bond acceptors (Lipinski definition) is 6. The summed E-state index contributed by atoms with van der Waals surface area (Å²) >= 11 is 0.562. The Bertz CT molecular complexity index is 1470. The van der Waals surface area contributed by atoms with Gasteiger partial charge in [0.25, 0.3) is 12.3 Å². The summed E-state index contributed by atoms with van der Waals surface area (Å²) in [6.45, 7) is -0.619. The zero-order valence-electron chi connectivity index (χ0n) is 18.1. The number of nitrogens with zero attached hydrogens (tertiary/aromatic N) is 3. The van der Waals surface area contributed by atoms with Gasteiger partial charge in [-0.15, -0.1) is 11.3 Å². The van der Waals surface area contributed by atoms with Crippen LogP contribution in [0.25, 0.3) is 21.5 Å². The number of nitrogens with two attached hydrogens (primary N) is 1. The molecular formula is C22H16F5N5O3S. The maximum atomic E-state index is 13.5. The summed E-state index contributed by atoms with van der Waals surface area (Å²) in [6.07, 6.45) is -4.80. The Morgan fingerprint density at radius 2 is 2.03 bits per heavy atom. The molecule has 8 nitrogen and oxygen atoms in total. The average molecular weight is 525 g/mol. The summed E-state index contributed by atoms with van der Waals surface area (Å²) in [4.78, 5) is 28.2. The molecule has 0 radical (unpaired) electrons. The average Bonchev–Trinajstić information content (AvgIpc) is 3.19. The number of anilines is 1. The van der Waals surface area contributed by atoms with E-state index in [0.717, 1.165) is 23.6 Å². The number of carbonyl (C=O) groups is 2. The number of hydrogen-bond donors (Lipinski definition) is 2. The van der Waals surface area contributed by atoms with Gasteiger partial charge in [-0.3, -0.25) is 14.3 Å². The fraction of sp³-hybridized carbons (Fsp3) is 0.273. The number of pyridine rings is 1. The Labute approximate surface area is 202 Å². The first-order chi connectivity index (χ1) is 17.0. The molecule has 0 aliphatic heterocycles. The van der Waals surface area contributed by atoms with Gasteiger partial charge in [-0.25, -0.2) is 13.8 Å². The van der Waals surface area contributed by atoms with E-state index in [-0.39, 0.29) is 38.0 Å². The van der Waals surface area contributed by atoms with Gasteiger partial charge in [0.05, 0.1) is 17.6 Å². The molecular weight excluding hydrogens is 509 g/mol. The molecule has 0 atom stereocenters. The van der Waals surface area contributed by atoms with Crippen molar-refractivity contribution in [3.63, 3.8) is 0 Å². The molecule has 1 aliphatic rings. The van der Waals surface area contributed by atoms with Crippen LogP contribution in [0.1, 0.15) is 51.9 Å². The maximum Gasteiger partial charge on any atom is 0.433 e. The van der Waals surface area contributed by atoms with Gasteiger partial charge in [-0.2, -0.15) is 18.3 Å². The molecule has 1 aliphatic carbocycles. The number of halogens is 5. The van der Waals surface area contributed by atoms with Gasteiger partial charge in [0.2, 0.25) is 5.91 Å². The number of furan rings is 1. The molecule has 0 bridgehead atoms. The zero-order valence-corrected chi connectivity index (χ0v) is 18.9. The van der Waals surface area contributed by atoms with Crippen LogP contribution in [0.15, 0.2) is 34.9 Å². The Hall–Kier alpha value is -3.81. The second-order valence-corrected chi connectivity index (χ2v) is 9.15. The van der Waals surface area contributed by atoms with E-state index < -0.39 is 42.3 Å². The first-order valence-electron chi connectivity index (χ1n) is 10.6. The summed E-state index contributed by atoms with van der Waals surface area (Å²) in [7, 11) is 0. The molecule has 5 rings (SSSR count). The second-order valence-electron chi connectivity index (χ2n) is 8.16. The molecule has 0 saturated heterocycles. The Balaban J connectivity index is 1.58. The highest BCUT2D eigenvalue weighted by atomic mass is 32.1. The number of carbonyl (C=O) groups excluding carboxylic acids is 2. The van der Waals surface area contributed by atoms with Crippen LogP contribution in [0.5, 0.6) is 0 Å². The first-order valence-corrected chi connectivity index (χ1v) is 11.4. The topological polar surface area (TPSA) is 116 Å². The predicted molar refractivity (Wildman–Crippen MR) is 119 cm³/mol. The van der Waals surface area contributed by atoms with Crippen molar-refractivity contribution in [2.45, 2.75) is 37.9 Å². The van der Waals surface area contributed by atoms with Gasteiger partial charge in [0.15, 0.2) is 0 Å². The molecule has 0 spiro atoms. The minimum atomic E-state index is -4.80. The summed E-state index contributed by atoms with van der Waals surface area (Å²) in [6, 6.07) is 4.84. The molecule has 0 aromatic carbocycles. The second kappa shape index (κ2) is 8.69. The minimum Gasteiger partial charge on any atom is -0.464 e. The van der Waals surface area contributed by atoms with E-state index in [0.29, 0.717) is 17.0 Å². The number of aromatic nitrogens is 3. The molecule has 14 heteroatoms. The van der Waals surface area contributed by atoms with E-state index >= 15 is 0 Å². The van der Waals surface area contributed by atoms with Crippen molar-refractivity contribution in [2.75, 3.05) is 5.32 Å². The van der Waals surface area contributed by atoms with Crippen LogP contribution in [-0.4, -0.2) is 26.6 Å². The lowest BCUT2D eigenvalue weighted by atomic mass is 10.1. The fourth-order valence-corrected chi connectivity index (χ4v) is 4.82. The van der Waals surface area contributed by atoms with E-state index in [2.05, 4.69) is 15.4 Å². The third-order valence-electron chi connectivity index (χ3n) is 5.57. The Kier molecular flexibility index (Phi) is 5.77. The molecule has 2 amide bonds. The van der Waals surface area contributed by atoms with Crippen LogP contribution in [0.3, 0.4) is 0 Å². The number of amides is 2. The summed E-state index contributed by atoms with van der Waals surface area (Å²) in [5, 5.41) is 6.56. The Morgan fingerprint density at radius 1 is 1.28 bits per heavy atom. The quantitative estimate of drug-likeness (QED) is 0.317. The van der Waals surface area contributed by atoms with Crippen molar-refractivity contribution in [1.29, 1.82) is 0 Å². The third-order valence-corrected chi connectivity index (χ3v) is 6.67. The van der Waals surface area contributed by atoms with Gasteiger partial charge in [0, 0.05) is 16.9 Å². The molecule has 3 N–H and O–H groups in total. The molecule has 1 fully saturated rings. The number of fused-ring (bicyclic) bond motifs is 1. The molecule has 36 heavy (non-hydrogen) atoms.